The summed E-state index contributed by atoms with van der Waals surface area (Å²) in [6.45, 7) is 8.46. The number of hydrogen-bond donors (Lipinski definition) is 0. The molecule has 0 aromatic carbocycles. The standard InChI is InChI=1S/C15H21N5OS2/c1-10(2)8-20-15(16-17-18-20)23-11(3)14(21)19-6-4-13-12(9-19)5-7-22-13/h5,7,10-11H,4,6,8-9H2,1-3H3. The first-order chi connectivity index (χ1) is 11.0. The van der Waals surface area contributed by atoms with E-state index in [-0.39, 0.29) is 11.2 Å². The summed E-state index contributed by atoms with van der Waals surface area (Å²) in [6.07, 6.45) is 0.960. The van der Waals surface area contributed by atoms with Gasteiger partial charge in [-0.2, -0.15) is 0 Å². The van der Waals surface area contributed by atoms with Gasteiger partial charge in [0.15, 0.2) is 0 Å². The maximum absolute atomic E-state index is 12.7. The molecule has 2 aromatic rings. The molecule has 0 bridgehead atoms. The lowest BCUT2D eigenvalue weighted by molar-refractivity contribution is -0.131. The molecule has 0 N–H and O–H groups in total. The molecule has 0 saturated carbocycles. The highest BCUT2D eigenvalue weighted by Gasteiger charge is 2.27. The first kappa shape index (κ1) is 16.4. The van der Waals surface area contributed by atoms with Gasteiger partial charge in [-0.3, -0.25) is 4.79 Å². The van der Waals surface area contributed by atoms with Gasteiger partial charge in [0.25, 0.3) is 0 Å². The molecule has 0 aliphatic carbocycles. The van der Waals surface area contributed by atoms with Crippen molar-refractivity contribution >= 4 is 29.0 Å². The predicted molar refractivity (Wildman–Crippen MR) is 91.4 cm³/mol. The number of tetrazole rings is 1. The highest BCUT2D eigenvalue weighted by Crippen LogP contribution is 2.27. The lowest BCUT2D eigenvalue weighted by Gasteiger charge is -2.29. The van der Waals surface area contributed by atoms with Gasteiger partial charge in [0.05, 0.1) is 5.25 Å². The molecule has 1 aliphatic rings. The van der Waals surface area contributed by atoms with Gasteiger partial charge in [0.1, 0.15) is 0 Å². The number of rotatable bonds is 5. The average Bonchev–Trinajstić information content (AvgIpc) is 3.14. The second-order valence-corrected chi connectivity index (χ2v) is 8.48. The van der Waals surface area contributed by atoms with Crippen molar-refractivity contribution in [3.63, 3.8) is 0 Å². The van der Waals surface area contributed by atoms with Gasteiger partial charge in [0, 0.05) is 24.5 Å². The van der Waals surface area contributed by atoms with Crippen molar-refractivity contribution in [3.05, 3.63) is 21.9 Å². The number of thioether (sulfide) groups is 1. The Morgan fingerprint density at radius 3 is 3.04 bits per heavy atom. The first-order valence-corrected chi connectivity index (χ1v) is 9.57. The molecule has 6 nitrogen and oxygen atoms in total. The Labute approximate surface area is 144 Å². The molecule has 23 heavy (non-hydrogen) atoms. The largest absolute Gasteiger partial charge is 0.337 e. The van der Waals surface area contributed by atoms with Crippen LogP contribution in [0.5, 0.6) is 0 Å². The quantitative estimate of drug-likeness (QED) is 0.774. The van der Waals surface area contributed by atoms with Gasteiger partial charge < -0.3 is 4.90 Å². The Balaban J connectivity index is 1.63. The van der Waals surface area contributed by atoms with Crippen molar-refractivity contribution in [2.75, 3.05) is 6.54 Å². The van der Waals surface area contributed by atoms with Gasteiger partial charge in [-0.05, 0) is 46.7 Å². The Hall–Kier alpha value is -1.41. The van der Waals surface area contributed by atoms with Crippen molar-refractivity contribution in [1.82, 2.24) is 25.1 Å². The Kier molecular flexibility index (Phi) is 5.01. The zero-order valence-corrected chi connectivity index (χ0v) is 15.2. The second kappa shape index (κ2) is 7.00. The molecule has 0 spiro atoms. The maximum atomic E-state index is 12.7. The first-order valence-electron chi connectivity index (χ1n) is 7.81. The highest BCUT2D eigenvalue weighted by molar-refractivity contribution is 8.00. The van der Waals surface area contributed by atoms with Crippen LogP contribution in [0.25, 0.3) is 0 Å². The molecule has 1 aliphatic heterocycles. The molecule has 3 heterocycles. The van der Waals surface area contributed by atoms with E-state index in [0.29, 0.717) is 11.1 Å². The van der Waals surface area contributed by atoms with E-state index < -0.39 is 0 Å². The summed E-state index contributed by atoms with van der Waals surface area (Å²) in [4.78, 5) is 16.1. The number of fused-ring (bicyclic) bond motifs is 1. The minimum Gasteiger partial charge on any atom is -0.337 e. The van der Waals surface area contributed by atoms with Crippen LogP contribution in [0.15, 0.2) is 16.6 Å². The summed E-state index contributed by atoms with van der Waals surface area (Å²) in [5, 5.41) is 14.5. The van der Waals surface area contributed by atoms with E-state index >= 15 is 0 Å². The van der Waals surface area contributed by atoms with Crippen LogP contribution in [0.1, 0.15) is 31.2 Å². The minimum atomic E-state index is -0.188. The van der Waals surface area contributed by atoms with Gasteiger partial charge in [-0.1, -0.05) is 25.6 Å². The summed E-state index contributed by atoms with van der Waals surface area (Å²) >= 11 is 3.23. The maximum Gasteiger partial charge on any atom is 0.236 e. The lowest BCUT2D eigenvalue weighted by atomic mass is 10.1. The molecule has 0 radical (unpaired) electrons. The van der Waals surface area contributed by atoms with Crippen LogP contribution in [0, 0.1) is 5.92 Å². The van der Waals surface area contributed by atoms with E-state index in [0.717, 1.165) is 26.1 Å². The van der Waals surface area contributed by atoms with Gasteiger partial charge >= 0.3 is 0 Å². The number of nitrogens with zero attached hydrogens (tertiary/aromatic N) is 5. The van der Waals surface area contributed by atoms with E-state index in [9.17, 15) is 4.79 Å². The van der Waals surface area contributed by atoms with Gasteiger partial charge in [-0.15, -0.1) is 16.4 Å². The fourth-order valence-electron chi connectivity index (χ4n) is 2.64. The fourth-order valence-corrected chi connectivity index (χ4v) is 4.42. The zero-order valence-electron chi connectivity index (χ0n) is 13.6. The number of thiophene rings is 1. The summed E-state index contributed by atoms with van der Waals surface area (Å²) in [5.74, 6) is 0.619. The molecular formula is C15H21N5OS2. The summed E-state index contributed by atoms with van der Waals surface area (Å²) in [6, 6.07) is 2.13. The van der Waals surface area contributed by atoms with Gasteiger partial charge in [0.2, 0.25) is 11.1 Å². The van der Waals surface area contributed by atoms with E-state index in [1.165, 1.54) is 22.2 Å². The molecule has 1 unspecified atom stereocenters. The molecule has 0 fully saturated rings. The summed E-state index contributed by atoms with van der Waals surface area (Å²) in [5.41, 5.74) is 1.29. The Morgan fingerprint density at radius 2 is 2.26 bits per heavy atom. The third-order valence-electron chi connectivity index (χ3n) is 3.79. The number of carbonyl (C=O) groups is 1. The Bertz CT molecular complexity index is 681. The average molecular weight is 352 g/mol. The van der Waals surface area contributed by atoms with Gasteiger partial charge in [-0.25, -0.2) is 4.68 Å². The van der Waals surface area contributed by atoms with Crippen molar-refractivity contribution < 1.29 is 4.79 Å². The SMILES string of the molecule is CC(C)Cn1nnnc1SC(C)C(=O)N1CCc2sccc2C1. The van der Waals surface area contributed by atoms with Crippen LogP contribution >= 0.6 is 23.1 Å². The summed E-state index contributed by atoms with van der Waals surface area (Å²) < 4.78 is 1.78. The van der Waals surface area contributed by atoms with Crippen LogP contribution in [0.3, 0.4) is 0 Å². The second-order valence-electron chi connectivity index (χ2n) is 6.18. The smallest absolute Gasteiger partial charge is 0.236 e. The molecule has 8 heteroatoms. The zero-order chi connectivity index (χ0) is 16.4. The topological polar surface area (TPSA) is 63.9 Å². The third-order valence-corrected chi connectivity index (χ3v) is 5.87. The molecule has 0 saturated heterocycles. The van der Waals surface area contributed by atoms with Crippen molar-refractivity contribution in [3.8, 4) is 0 Å². The molecule has 3 rings (SSSR count). The third kappa shape index (κ3) is 3.74. The minimum absolute atomic E-state index is 0.158. The van der Waals surface area contributed by atoms with Crippen molar-refractivity contribution in [2.45, 2.75) is 50.7 Å². The predicted octanol–water partition coefficient (Wildman–Crippen LogP) is 2.46. The highest BCUT2D eigenvalue weighted by atomic mass is 32.2. The monoisotopic (exact) mass is 351 g/mol. The van der Waals surface area contributed by atoms with E-state index in [4.69, 9.17) is 0 Å². The Morgan fingerprint density at radius 1 is 1.43 bits per heavy atom. The number of amides is 1. The van der Waals surface area contributed by atoms with Crippen LogP contribution in [0.2, 0.25) is 0 Å². The van der Waals surface area contributed by atoms with E-state index in [1.54, 1.807) is 16.0 Å². The molecular weight excluding hydrogens is 330 g/mol. The molecule has 1 atom stereocenters. The lowest BCUT2D eigenvalue weighted by Crippen LogP contribution is -2.39. The van der Waals surface area contributed by atoms with Crippen LogP contribution in [-0.2, 0) is 24.3 Å². The van der Waals surface area contributed by atoms with Crippen LogP contribution in [-0.4, -0.2) is 42.8 Å². The molecule has 2 aromatic heterocycles. The van der Waals surface area contributed by atoms with Crippen LogP contribution in [0.4, 0.5) is 0 Å². The fraction of sp³-hybridized carbons (Fsp3) is 0.600. The van der Waals surface area contributed by atoms with Crippen molar-refractivity contribution in [1.29, 1.82) is 0 Å². The number of carbonyl (C=O) groups excluding carboxylic acids is 1. The number of hydrogen-bond acceptors (Lipinski definition) is 6. The normalized spacial score (nSPS) is 15.7. The number of aromatic nitrogens is 4. The molecule has 1 amide bonds. The van der Waals surface area contributed by atoms with E-state index in [2.05, 4.69) is 40.8 Å². The molecule has 124 valence electrons. The summed E-state index contributed by atoms with van der Waals surface area (Å²) in [7, 11) is 0. The van der Waals surface area contributed by atoms with E-state index in [1.807, 2.05) is 11.8 Å². The van der Waals surface area contributed by atoms with Crippen molar-refractivity contribution in [2.24, 2.45) is 5.92 Å². The van der Waals surface area contributed by atoms with Crippen LogP contribution < -0.4 is 0 Å².